The van der Waals surface area contributed by atoms with E-state index in [4.69, 9.17) is 18.6 Å². The molecule has 0 radical (unpaired) electrons. The van der Waals surface area contributed by atoms with E-state index < -0.39 is 5.60 Å². The molecular formula is C26H36N2O5S. The van der Waals surface area contributed by atoms with E-state index in [2.05, 4.69) is 11.1 Å². The van der Waals surface area contributed by atoms with Crippen molar-refractivity contribution in [3.8, 4) is 0 Å². The monoisotopic (exact) mass is 488 g/mol. The van der Waals surface area contributed by atoms with E-state index in [9.17, 15) is 4.79 Å². The smallest absolute Gasteiger partial charge is 0.259 e. The van der Waals surface area contributed by atoms with Crippen LogP contribution in [-0.4, -0.2) is 66.7 Å². The summed E-state index contributed by atoms with van der Waals surface area (Å²) in [5.41, 5.74) is 0.662. The Balaban J connectivity index is 1.37. The molecule has 1 amide bonds. The Morgan fingerprint density at radius 1 is 1.18 bits per heavy atom. The van der Waals surface area contributed by atoms with Crippen molar-refractivity contribution in [2.45, 2.75) is 63.0 Å². The van der Waals surface area contributed by atoms with Crippen LogP contribution in [0, 0.1) is 11.8 Å². The van der Waals surface area contributed by atoms with E-state index in [0.29, 0.717) is 6.42 Å². The van der Waals surface area contributed by atoms with Crippen LogP contribution in [0.1, 0.15) is 50.0 Å². The average molecular weight is 489 g/mol. The maximum Gasteiger partial charge on any atom is 0.259 e. The minimum atomic E-state index is -1.01. The highest BCUT2D eigenvalue weighted by molar-refractivity contribution is 7.99. The Kier molecular flexibility index (Phi) is 7.49. The first-order valence-corrected chi connectivity index (χ1v) is 13.7. The van der Waals surface area contributed by atoms with E-state index in [1.54, 1.807) is 25.3 Å². The number of nitrogens with zero attached hydrogens (tertiary/aromatic N) is 2. The number of carbonyl (C=O) groups is 1. The summed E-state index contributed by atoms with van der Waals surface area (Å²) in [4.78, 5) is 19.9. The number of aromatic nitrogens is 1. The highest BCUT2D eigenvalue weighted by atomic mass is 32.2. The highest BCUT2D eigenvalue weighted by Crippen LogP contribution is 2.41. The lowest BCUT2D eigenvalue weighted by molar-refractivity contribution is -0.229. The first-order valence-electron chi connectivity index (χ1n) is 12.5. The number of rotatable bonds is 15. The van der Waals surface area contributed by atoms with Crippen molar-refractivity contribution in [3.63, 3.8) is 0 Å². The lowest BCUT2D eigenvalue weighted by atomic mass is 9.79. The lowest BCUT2D eigenvalue weighted by Crippen LogP contribution is -2.77. The van der Waals surface area contributed by atoms with Crippen LogP contribution >= 0.6 is 11.8 Å². The van der Waals surface area contributed by atoms with Crippen molar-refractivity contribution in [1.29, 1.82) is 0 Å². The van der Waals surface area contributed by atoms with Gasteiger partial charge < -0.3 is 23.5 Å². The van der Waals surface area contributed by atoms with Gasteiger partial charge in [0.05, 0.1) is 11.7 Å². The van der Waals surface area contributed by atoms with Gasteiger partial charge >= 0.3 is 0 Å². The molecule has 3 aliphatic rings. The van der Waals surface area contributed by atoms with Gasteiger partial charge in [-0.3, -0.25) is 9.78 Å². The van der Waals surface area contributed by atoms with Gasteiger partial charge in [0.2, 0.25) is 0 Å². The molecule has 1 saturated heterocycles. The van der Waals surface area contributed by atoms with Gasteiger partial charge in [0, 0.05) is 44.4 Å². The zero-order chi connectivity index (χ0) is 23.5. The molecule has 0 bridgehead atoms. The maximum atomic E-state index is 13.5. The van der Waals surface area contributed by atoms with Gasteiger partial charge in [-0.05, 0) is 42.6 Å². The molecule has 5 rings (SSSR count). The van der Waals surface area contributed by atoms with Gasteiger partial charge in [-0.2, -0.15) is 11.8 Å². The Bertz CT molecular complexity index is 989. The quantitative estimate of drug-likeness (QED) is 0.209. The largest absolute Gasteiger partial charge is 0.461 e. The van der Waals surface area contributed by atoms with Crippen LogP contribution in [0.2, 0.25) is 0 Å². The maximum absolute atomic E-state index is 13.5. The number of likely N-dealkylation sites (tertiary alicyclic amines) is 1. The second kappa shape index (κ2) is 10.6. The van der Waals surface area contributed by atoms with Gasteiger partial charge in [-0.15, -0.1) is 0 Å². The number of hydrogen-bond acceptors (Lipinski definition) is 7. The van der Waals surface area contributed by atoms with Gasteiger partial charge in [0.25, 0.3) is 5.91 Å². The number of β-lactam (4-membered cyclic amide) rings is 1. The van der Waals surface area contributed by atoms with Crippen molar-refractivity contribution in [3.05, 3.63) is 29.8 Å². The Morgan fingerprint density at radius 2 is 1.97 bits per heavy atom. The standard InChI is InChI=1S/C26H36N2O5S/c1-30-16-28-24(15-34-12-10-19-5-6-19)26(25(28)29,32-17-31-2)14-22-21-13-20(8-7-18-3-4-18)33-23(21)9-11-27-22/h9,11,13,18-19,24H,3-8,10,12,14-17H2,1-2H3/t24-,26+/m0/s1. The normalized spacial score (nSPS) is 24.7. The van der Waals surface area contributed by atoms with Crippen molar-refractivity contribution in [2.75, 3.05) is 39.2 Å². The fourth-order valence-corrected chi connectivity index (χ4v) is 6.32. The van der Waals surface area contributed by atoms with E-state index in [1.165, 1.54) is 38.5 Å². The summed E-state index contributed by atoms with van der Waals surface area (Å²) < 4.78 is 22.9. The predicted molar refractivity (Wildman–Crippen MR) is 132 cm³/mol. The molecule has 1 aliphatic heterocycles. The zero-order valence-corrected chi connectivity index (χ0v) is 21.1. The first kappa shape index (κ1) is 24.1. The summed E-state index contributed by atoms with van der Waals surface area (Å²) in [6, 6.07) is 3.92. The molecule has 2 atom stereocenters. The van der Waals surface area contributed by atoms with E-state index in [-0.39, 0.29) is 25.5 Å². The van der Waals surface area contributed by atoms with Gasteiger partial charge in [-0.1, -0.05) is 25.7 Å². The van der Waals surface area contributed by atoms with Crippen molar-refractivity contribution >= 4 is 28.6 Å². The number of pyridine rings is 1. The number of thioether (sulfide) groups is 1. The number of aryl methyl sites for hydroxylation is 1. The molecule has 3 fully saturated rings. The number of furan rings is 1. The number of amides is 1. The third-order valence-corrected chi connectivity index (χ3v) is 8.46. The Labute approximate surface area is 205 Å². The molecule has 186 valence electrons. The highest BCUT2D eigenvalue weighted by Gasteiger charge is 2.62. The van der Waals surface area contributed by atoms with Crippen LogP contribution < -0.4 is 0 Å². The number of methoxy groups -OCH3 is 2. The van der Waals surface area contributed by atoms with Gasteiger partial charge in [-0.25, -0.2) is 0 Å². The summed E-state index contributed by atoms with van der Waals surface area (Å²) in [7, 11) is 3.21. The summed E-state index contributed by atoms with van der Waals surface area (Å²) in [6.07, 6.45) is 10.9. The number of hydrogen-bond donors (Lipinski definition) is 0. The number of fused-ring (bicyclic) bond motifs is 1. The molecule has 2 aliphatic carbocycles. The van der Waals surface area contributed by atoms with Crippen LogP contribution in [0.5, 0.6) is 0 Å². The molecule has 0 unspecified atom stereocenters. The van der Waals surface area contributed by atoms with E-state index in [0.717, 1.165) is 52.2 Å². The van der Waals surface area contributed by atoms with Crippen molar-refractivity contribution < 1.29 is 23.4 Å². The molecule has 0 N–H and O–H groups in total. The molecule has 0 aromatic carbocycles. The van der Waals surface area contributed by atoms with Crippen molar-refractivity contribution in [2.24, 2.45) is 11.8 Å². The lowest BCUT2D eigenvalue weighted by Gasteiger charge is -2.54. The van der Waals surface area contributed by atoms with Crippen LogP contribution in [0.25, 0.3) is 11.0 Å². The minimum Gasteiger partial charge on any atom is -0.461 e. The summed E-state index contributed by atoms with van der Waals surface area (Å²) in [6.45, 7) is 0.323. The van der Waals surface area contributed by atoms with E-state index >= 15 is 0 Å². The predicted octanol–water partition coefficient (Wildman–Crippen LogP) is 4.42. The molecule has 34 heavy (non-hydrogen) atoms. The van der Waals surface area contributed by atoms with Crippen LogP contribution in [0.3, 0.4) is 0 Å². The Morgan fingerprint density at radius 3 is 2.71 bits per heavy atom. The molecule has 0 spiro atoms. The second-order valence-corrected chi connectivity index (χ2v) is 11.1. The molecule has 2 aromatic heterocycles. The van der Waals surface area contributed by atoms with Gasteiger partial charge in [0.1, 0.15) is 24.9 Å². The average Bonchev–Trinajstić information content (AvgIpc) is 3.78. The molecule has 7 nitrogen and oxygen atoms in total. The molecule has 2 aromatic rings. The molecule has 2 saturated carbocycles. The summed E-state index contributed by atoms with van der Waals surface area (Å²) in [5, 5.41) is 0.979. The van der Waals surface area contributed by atoms with Gasteiger partial charge in [0.15, 0.2) is 5.60 Å². The number of ether oxygens (including phenoxy) is 3. The minimum absolute atomic E-state index is 0.0593. The molecule has 3 heterocycles. The topological polar surface area (TPSA) is 74.0 Å². The number of carbonyl (C=O) groups excluding carboxylic acids is 1. The van der Waals surface area contributed by atoms with E-state index in [1.807, 2.05) is 17.8 Å². The first-order chi connectivity index (χ1) is 16.6. The third-order valence-electron chi connectivity index (χ3n) is 7.39. The fraction of sp³-hybridized carbons (Fsp3) is 0.692. The summed E-state index contributed by atoms with van der Waals surface area (Å²) >= 11 is 1.90. The molecule has 8 heteroatoms. The third kappa shape index (κ3) is 5.15. The zero-order valence-electron chi connectivity index (χ0n) is 20.3. The SMILES string of the molecule is COCO[C@@]1(Cc2nccc3oc(CCC4CC4)cc23)C(=O)N(COC)[C@H]1CSCCC1CC1. The van der Waals surface area contributed by atoms with Crippen LogP contribution in [-0.2, 0) is 31.8 Å². The Hall–Kier alpha value is -1.61. The fourth-order valence-electron chi connectivity index (χ4n) is 4.98. The summed E-state index contributed by atoms with van der Waals surface area (Å²) in [5.74, 6) is 4.61. The van der Waals surface area contributed by atoms with Crippen molar-refractivity contribution in [1.82, 2.24) is 9.88 Å². The van der Waals surface area contributed by atoms with Crippen LogP contribution in [0.4, 0.5) is 0 Å². The second-order valence-electron chi connectivity index (χ2n) is 10.00. The molecular weight excluding hydrogens is 452 g/mol. The van der Waals surface area contributed by atoms with Crippen LogP contribution in [0.15, 0.2) is 22.7 Å².